The van der Waals surface area contributed by atoms with Gasteiger partial charge in [-0.1, -0.05) is 13.8 Å². The lowest BCUT2D eigenvalue weighted by molar-refractivity contribution is 0.503. The van der Waals surface area contributed by atoms with Gasteiger partial charge in [-0.05, 0) is 59.0 Å². The summed E-state index contributed by atoms with van der Waals surface area (Å²) in [5.74, 6) is 1.18. The summed E-state index contributed by atoms with van der Waals surface area (Å²) in [5.41, 5.74) is 1.39. The highest BCUT2D eigenvalue weighted by molar-refractivity contribution is 14.1. The number of hydrogen-bond donors (Lipinski definition) is 1. The standard InChI is InChI=1S/C15H22IN3S/c1-3-5-17-13(12-9-14(16)20-11-12)10-15-18-6-8-19(15)7-4-2/h6,8-9,11,13,17H,3-5,7,10H2,1-2H3. The maximum Gasteiger partial charge on any atom is 0.110 e. The monoisotopic (exact) mass is 403 g/mol. The zero-order valence-electron chi connectivity index (χ0n) is 12.1. The molecule has 0 saturated heterocycles. The van der Waals surface area contributed by atoms with Gasteiger partial charge in [-0.25, -0.2) is 4.98 Å². The van der Waals surface area contributed by atoms with Crippen molar-refractivity contribution in [2.45, 2.75) is 45.7 Å². The molecule has 1 N–H and O–H groups in total. The summed E-state index contributed by atoms with van der Waals surface area (Å²) in [6, 6.07) is 2.65. The van der Waals surface area contributed by atoms with E-state index in [-0.39, 0.29) is 0 Å². The lowest BCUT2D eigenvalue weighted by Crippen LogP contribution is -2.25. The van der Waals surface area contributed by atoms with Crippen molar-refractivity contribution in [3.05, 3.63) is 38.1 Å². The Hall–Kier alpha value is -0.400. The van der Waals surface area contributed by atoms with Gasteiger partial charge in [-0.15, -0.1) is 11.3 Å². The number of imidazole rings is 1. The maximum atomic E-state index is 4.54. The molecule has 0 aromatic carbocycles. The first-order valence-corrected chi connectivity index (χ1v) is 9.17. The predicted molar refractivity (Wildman–Crippen MR) is 94.3 cm³/mol. The molecule has 0 amide bonds. The molecule has 0 aliphatic rings. The van der Waals surface area contributed by atoms with Gasteiger partial charge in [0, 0.05) is 31.4 Å². The van der Waals surface area contributed by atoms with Gasteiger partial charge in [0.15, 0.2) is 0 Å². The van der Waals surface area contributed by atoms with Crippen LogP contribution in [-0.4, -0.2) is 16.1 Å². The summed E-state index contributed by atoms with van der Waals surface area (Å²) in [6.45, 7) is 6.51. The van der Waals surface area contributed by atoms with Crippen LogP contribution in [0.15, 0.2) is 23.8 Å². The van der Waals surface area contributed by atoms with Crippen molar-refractivity contribution in [1.29, 1.82) is 0 Å². The number of thiophene rings is 1. The second-order valence-electron chi connectivity index (χ2n) is 4.93. The Bertz CT molecular complexity index is 521. The molecule has 2 rings (SSSR count). The van der Waals surface area contributed by atoms with E-state index in [2.05, 4.69) is 68.9 Å². The van der Waals surface area contributed by atoms with E-state index in [1.165, 1.54) is 14.3 Å². The van der Waals surface area contributed by atoms with Gasteiger partial charge in [0.1, 0.15) is 5.82 Å². The van der Waals surface area contributed by atoms with Crippen molar-refractivity contribution in [1.82, 2.24) is 14.9 Å². The SMILES string of the molecule is CCCNC(Cc1nccn1CCC)c1csc(I)c1. The molecule has 0 aliphatic heterocycles. The van der Waals surface area contributed by atoms with Crippen molar-refractivity contribution in [3.63, 3.8) is 0 Å². The quantitative estimate of drug-likeness (QED) is 0.669. The molecule has 3 nitrogen and oxygen atoms in total. The van der Waals surface area contributed by atoms with Crippen LogP contribution in [0.5, 0.6) is 0 Å². The van der Waals surface area contributed by atoms with Crippen LogP contribution < -0.4 is 5.32 Å². The highest BCUT2D eigenvalue weighted by Gasteiger charge is 2.16. The van der Waals surface area contributed by atoms with Crippen molar-refractivity contribution in [3.8, 4) is 0 Å². The van der Waals surface area contributed by atoms with E-state index in [1.54, 1.807) is 0 Å². The average molecular weight is 403 g/mol. The second-order valence-corrected chi connectivity index (χ2v) is 7.74. The molecule has 0 bridgehead atoms. The maximum absolute atomic E-state index is 4.54. The molecule has 110 valence electrons. The fourth-order valence-corrected chi connectivity index (χ4v) is 3.72. The van der Waals surface area contributed by atoms with Crippen LogP contribution in [0, 0.1) is 2.88 Å². The third kappa shape index (κ3) is 4.30. The van der Waals surface area contributed by atoms with Crippen molar-refractivity contribution in [2.75, 3.05) is 6.54 Å². The summed E-state index contributed by atoms with van der Waals surface area (Å²) in [7, 11) is 0. The van der Waals surface area contributed by atoms with Crippen LogP contribution in [0.3, 0.4) is 0 Å². The molecule has 0 aliphatic carbocycles. The first-order chi connectivity index (χ1) is 9.74. The first-order valence-electron chi connectivity index (χ1n) is 7.21. The lowest BCUT2D eigenvalue weighted by Gasteiger charge is -2.18. The minimum absolute atomic E-state index is 0.368. The van der Waals surface area contributed by atoms with Crippen LogP contribution >= 0.6 is 33.9 Å². The van der Waals surface area contributed by atoms with Gasteiger partial charge in [0.05, 0.1) is 2.88 Å². The number of halogens is 1. The predicted octanol–water partition coefficient (Wildman–Crippen LogP) is 4.24. The summed E-state index contributed by atoms with van der Waals surface area (Å²) < 4.78 is 3.62. The second kappa shape index (κ2) is 8.14. The molecular weight excluding hydrogens is 381 g/mol. The number of aromatic nitrogens is 2. The fraction of sp³-hybridized carbons (Fsp3) is 0.533. The Balaban J connectivity index is 2.12. The Morgan fingerprint density at radius 1 is 1.40 bits per heavy atom. The van der Waals surface area contributed by atoms with E-state index >= 15 is 0 Å². The minimum Gasteiger partial charge on any atom is -0.335 e. The smallest absolute Gasteiger partial charge is 0.110 e. The van der Waals surface area contributed by atoms with Crippen LogP contribution in [0.2, 0.25) is 0 Å². The highest BCUT2D eigenvalue weighted by Crippen LogP contribution is 2.25. The van der Waals surface area contributed by atoms with Crippen LogP contribution in [-0.2, 0) is 13.0 Å². The van der Waals surface area contributed by atoms with E-state index < -0.39 is 0 Å². The zero-order valence-corrected chi connectivity index (χ0v) is 15.1. The Kier molecular flexibility index (Phi) is 6.51. The summed E-state index contributed by atoms with van der Waals surface area (Å²) in [5, 5.41) is 5.92. The number of aryl methyl sites for hydroxylation is 1. The summed E-state index contributed by atoms with van der Waals surface area (Å²) >= 11 is 4.20. The molecule has 20 heavy (non-hydrogen) atoms. The molecule has 1 unspecified atom stereocenters. The molecular formula is C15H22IN3S. The third-order valence-electron chi connectivity index (χ3n) is 3.28. The van der Waals surface area contributed by atoms with Crippen molar-refractivity contribution < 1.29 is 0 Å². The molecule has 1 atom stereocenters. The van der Waals surface area contributed by atoms with Crippen LogP contribution in [0.25, 0.3) is 0 Å². The van der Waals surface area contributed by atoms with Crippen molar-refractivity contribution >= 4 is 33.9 Å². The molecule has 0 spiro atoms. The Morgan fingerprint density at radius 2 is 2.25 bits per heavy atom. The first kappa shape index (κ1) is 16.0. The Labute approximate surface area is 138 Å². The normalized spacial score (nSPS) is 12.8. The molecule has 2 heterocycles. The van der Waals surface area contributed by atoms with E-state index in [1.807, 2.05) is 17.5 Å². The molecule has 0 radical (unpaired) electrons. The van der Waals surface area contributed by atoms with E-state index in [4.69, 9.17) is 0 Å². The zero-order chi connectivity index (χ0) is 14.4. The average Bonchev–Trinajstić information content (AvgIpc) is 3.04. The third-order valence-corrected chi connectivity index (χ3v) is 5.09. The largest absolute Gasteiger partial charge is 0.335 e. The van der Waals surface area contributed by atoms with E-state index in [0.29, 0.717) is 6.04 Å². The van der Waals surface area contributed by atoms with Crippen LogP contribution in [0.1, 0.15) is 44.1 Å². The number of nitrogens with zero attached hydrogens (tertiary/aromatic N) is 2. The number of nitrogens with one attached hydrogen (secondary N) is 1. The van der Waals surface area contributed by atoms with E-state index in [9.17, 15) is 0 Å². The highest BCUT2D eigenvalue weighted by atomic mass is 127. The van der Waals surface area contributed by atoms with Crippen molar-refractivity contribution in [2.24, 2.45) is 0 Å². The minimum atomic E-state index is 0.368. The lowest BCUT2D eigenvalue weighted by atomic mass is 10.1. The van der Waals surface area contributed by atoms with Gasteiger partial charge >= 0.3 is 0 Å². The molecule has 2 aromatic rings. The topological polar surface area (TPSA) is 29.9 Å². The Morgan fingerprint density at radius 3 is 2.90 bits per heavy atom. The molecule has 2 aromatic heterocycles. The van der Waals surface area contributed by atoms with Gasteiger partial charge in [-0.2, -0.15) is 0 Å². The van der Waals surface area contributed by atoms with Gasteiger partial charge in [0.25, 0.3) is 0 Å². The molecule has 0 saturated carbocycles. The molecule has 5 heteroatoms. The van der Waals surface area contributed by atoms with Gasteiger partial charge < -0.3 is 9.88 Å². The summed E-state index contributed by atoms with van der Waals surface area (Å²) in [6.07, 6.45) is 7.26. The van der Waals surface area contributed by atoms with Gasteiger partial charge in [-0.3, -0.25) is 0 Å². The van der Waals surface area contributed by atoms with Gasteiger partial charge in [0.2, 0.25) is 0 Å². The number of hydrogen-bond acceptors (Lipinski definition) is 3. The van der Waals surface area contributed by atoms with Crippen LogP contribution in [0.4, 0.5) is 0 Å². The molecule has 0 fully saturated rings. The van der Waals surface area contributed by atoms with E-state index in [0.717, 1.165) is 32.4 Å². The summed E-state index contributed by atoms with van der Waals surface area (Å²) in [4.78, 5) is 4.54. The fourth-order valence-electron chi connectivity index (χ4n) is 2.29. The number of rotatable bonds is 8.